The number of fused-ring (bicyclic) bond motifs is 1. The van der Waals surface area contributed by atoms with E-state index in [1.54, 1.807) is 10.9 Å². The van der Waals surface area contributed by atoms with E-state index in [9.17, 15) is 4.79 Å². The summed E-state index contributed by atoms with van der Waals surface area (Å²) >= 11 is 6.35. The molecule has 3 heterocycles. The fourth-order valence-electron chi connectivity index (χ4n) is 3.06. The normalized spacial score (nSPS) is 22.7. The van der Waals surface area contributed by atoms with Gasteiger partial charge in [0, 0.05) is 31.0 Å². The van der Waals surface area contributed by atoms with Crippen molar-refractivity contribution in [3.63, 3.8) is 0 Å². The van der Waals surface area contributed by atoms with Crippen molar-refractivity contribution >= 4 is 23.4 Å². The second-order valence-electron chi connectivity index (χ2n) is 6.03. The first-order chi connectivity index (χ1) is 10.6. The predicted octanol–water partition coefficient (Wildman–Crippen LogP) is 2.13. The molecular weight excluding hydrogens is 304 g/mol. The molecule has 2 aromatic rings. The summed E-state index contributed by atoms with van der Waals surface area (Å²) in [5, 5.41) is 13.6. The van der Waals surface area contributed by atoms with Gasteiger partial charge in [0.25, 0.3) is 0 Å². The number of carbonyl (C=O) groups is 1. The Bertz CT molecular complexity index is 735. The highest BCUT2D eigenvalue weighted by Gasteiger charge is 2.45. The Morgan fingerprint density at radius 2 is 2.14 bits per heavy atom. The van der Waals surface area contributed by atoms with Crippen LogP contribution in [0.5, 0.6) is 0 Å². The molecule has 0 aromatic carbocycles. The van der Waals surface area contributed by atoms with Crippen LogP contribution >= 0.6 is 11.6 Å². The number of carboxylic acid groups (broad SMARTS) is 1. The van der Waals surface area contributed by atoms with Gasteiger partial charge in [-0.15, -0.1) is 0 Å². The van der Waals surface area contributed by atoms with Crippen LogP contribution in [0.4, 0.5) is 5.82 Å². The van der Waals surface area contributed by atoms with Crippen molar-refractivity contribution in [2.45, 2.75) is 13.0 Å². The summed E-state index contributed by atoms with van der Waals surface area (Å²) in [5.41, 5.74) is 0.992. The highest BCUT2D eigenvalue weighted by Crippen LogP contribution is 2.46. The van der Waals surface area contributed by atoms with Gasteiger partial charge in [0.1, 0.15) is 5.82 Å². The van der Waals surface area contributed by atoms with Crippen molar-refractivity contribution in [3.8, 4) is 0 Å². The Morgan fingerprint density at radius 3 is 2.77 bits per heavy atom. The maximum Gasteiger partial charge on any atom is 0.338 e. The minimum atomic E-state index is -0.988. The van der Waals surface area contributed by atoms with Gasteiger partial charge in [-0.2, -0.15) is 5.10 Å². The van der Waals surface area contributed by atoms with Crippen molar-refractivity contribution in [2.24, 2.45) is 11.8 Å². The van der Waals surface area contributed by atoms with E-state index in [2.05, 4.69) is 15.0 Å². The number of pyridine rings is 1. The number of hydrogen-bond donors (Lipinski definition) is 1. The third-order valence-corrected chi connectivity index (χ3v) is 4.78. The molecule has 0 spiro atoms. The van der Waals surface area contributed by atoms with Crippen LogP contribution in [0.15, 0.2) is 24.7 Å². The summed E-state index contributed by atoms with van der Waals surface area (Å²) in [6.45, 7) is 2.56. The van der Waals surface area contributed by atoms with Crippen LogP contribution in [0.3, 0.4) is 0 Å². The lowest BCUT2D eigenvalue weighted by Gasteiger charge is -2.19. The summed E-state index contributed by atoms with van der Waals surface area (Å²) in [4.78, 5) is 17.6. The van der Waals surface area contributed by atoms with E-state index in [1.165, 1.54) is 18.8 Å². The standard InChI is InChI=1S/C15H15ClN4O2/c16-13-2-14(19-5-9-1-10(9)6-19)17-3-11(13)7-20-8-12(4-18-20)15(21)22/h2-4,8-10H,1,5-7H2,(H,21,22). The van der Waals surface area contributed by atoms with Gasteiger partial charge in [-0.25, -0.2) is 9.78 Å². The van der Waals surface area contributed by atoms with E-state index in [0.717, 1.165) is 36.3 Å². The van der Waals surface area contributed by atoms with Crippen LogP contribution in [0, 0.1) is 11.8 Å². The molecule has 0 bridgehead atoms. The van der Waals surface area contributed by atoms with E-state index in [-0.39, 0.29) is 5.56 Å². The van der Waals surface area contributed by atoms with Crippen LogP contribution in [0.1, 0.15) is 22.3 Å². The summed E-state index contributed by atoms with van der Waals surface area (Å²) < 4.78 is 1.55. The first kappa shape index (κ1) is 13.6. The zero-order valence-corrected chi connectivity index (χ0v) is 12.6. The molecule has 2 fully saturated rings. The highest BCUT2D eigenvalue weighted by molar-refractivity contribution is 6.31. The van der Waals surface area contributed by atoms with Gasteiger partial charge in [-0.3, -0.25) is 4.68 Å². The van der Waals surface area contributed by atoms with Crippen molar-refractivity contribution in [1.29, 1.82) is 0 Å². The van der Waals surface area contributed by atoms with Crippen molar-refractivity contribution in [1.82, 2.24) is 14.8 Å². The first-order valence-electron chi connectivity index (χ1n) is 7.25. The summed E-state index contributed by atoms with van der Waals surface area (Å²) in [7, 11) is 0. The van der Waals surface area contributed by atoms with Gasteiger partial charge in [-0.05, 0) is 24.3 Å². The third kappa shape index (κ3) is 2.43. The average Bonchev–Trinajstić information content (AvgIpc) is 2.89. The molecule has 114 valence electrons. The smallest absolute Gasteiger partial charge is 0.338 e. The number of halogens is 1. The molecule has 1 aliphatic carbocycles. The zero-order valence-electron chi connectivity index (χ0n) is 11.8. The van der Waals surface area contributed by atoms with Crippen LogP contribution in [-0.2, 0) is 6.54 Å². The highest BCUT2D eigenvalue weighted by atomic mass is 35.5. The molecule has 1 N–H and O–H groups in total. The quantitative estimate of drug-likeness (QED) is 0.935. The summed E-state index contributed by atoms with van der Waals surface area (Å²) in [6, 6.07) is 1.89. The lowest BCUT2D eigenvalue weighted by atomic mass is 10.2. The van der Waals surface area contributed by atoms with E-state index in [0.29, 0.717) is 11.6 Å². The molecule has 2 aliphatic rings. The Hall–Kier alpha value is -2.08. The fraction of sp³-hybridized carbons (Fsp3) is 0.400. The molecule has 0 radical (unpaired) electrons. The molecule has 7 heteroatoms. The molecule has 1 saturated carbocycles. The van der Waals surface area contributed by atoms with Crippen molar-refractivity contribution in [2.75, 3.05) is 18.0 Å². The van der Waals surface area contributed by atoms with Crippen LogP contribution in [-0.4, -0.2) is 38.9 Å². The number of hydrogen-bond acceptors (Lipinski definition) is 4. The second kappa shape index (κ2) is 4.98. The first-order valence-corrected chi connectivity index (χ1v) is 7.63. The van der Waals surface area contributed by atoms with Gasteiger partial charge in [-0.1, -0.05) is 11.6 Å². The molecular formula is C15H15ClN4O2. The molecule has 2 unspecified atom stereocenters. The van der Waals surface area contributed by atoms with Gasteiger partial charge in [0.15, 0.2) is 0 Å². The molecule has 1 aliphatic heterocycles. The summed E-state index contributed by atoms with van der Waals surface area (Å²) in [6.07, 6.45) is 5.92. The monoisotopic (exact) mass is 318 g/mol. The van der Waals surface area contributed by atoms with E-state index < -0.39 is 5.97 Å². The lowest BCUT2D eigenvalue weighted by Crippen LogP contribution is -2.22. The zero-order chi connectivity index (χ0) is 15.3. The SMILES string of the molecule is O=C(O)c1cnn(Cc2cnc(N3CC4CC4C3)cc2Cl)c1. The Labute approximate surface area is 132 Å². The maximum absolute atomic E-state index is 10.9. The Balaban J connectivity index is 1.50. The van der Waals surface area contributed by atoms with Gasteiger partial charge in [0.05, 0.1) is 23.3 Å². The topological polar surface area (TPSA) is 71.2 Å². The largest absolute Gasteiger partial charge is 0.478 e. The second-order valence-corrected chi connectivity index (χ2v) is 6.43. The summed E-state index contributed by atoms with van der Waals surface area (Å²) in [5.74, 6) is 1.63. The predicted molar refractivity (Wildman–Crippen MR) is 81.3 cm³/mol. The van der Waals surface area contributed by atoms with E-state index in [4.69, 9.17) is 16.7 Å². The van der Waals surface area contributed by atoms with E-state index >= 15 is 0 Å². The van der Waals surface area contributed by atoms with E-state index in [1.807, 2.05) is 6.07 Å². The number of rotatable bonds is 4. The number of aromatic carboxylic acids is 1. The van der Waals surface area contributed by atoms with Crippen LogP contribution in [0.2, 0.25) is 5.02 Å². The molecule has 2 aromatic heterocycles. The van der Waals surface area contributed by atoms with Gasteiger partial charge < -0.3 is 10.0 Å². The molecule has 1 saturated heterocycles. The van der Waals surface area contributed by atoms with Gasteiger partial charge in [0.2, 0.25) is 0 Å². The number of piperidine rings is 1. The Kier molecular flexibility index (Phi) is 3.07. The van der Waals surface area contributed by atoms with Crippen LogP contribution < -0.4 is 4.90 Å². The number of nitrogens with zero attached hydrogens (tertiary/aromatic N) is 4. The van der Waals surface area contributed by atoms with Crippen LogP contribution in [0.25, 0.3) is 0 Å². The third-order valence-electron chi connectivity index (χ3n) is 4.43. The minimum absolute atomic E-state index is 0.164. The molecule has 22 heavy (non-hydrogen) atoms. The number of anilines is 1. The van der Waals surface area contributed by atoms with Crippen molar-refractivity contribution < 1.29 is 9.90 Å². The van der Waals surface area contributed by atoms with Gasteiger partial charge >= 0.3 is 5.97 Å². The Morgan fingerprint density at radius 1 is 1.36 bits per heavy atom. The molecule has 6 nitrogen and oxygen atoms in total. The minimum Gasteiger partial charge on any atom is -0.478 e. The maximum atomic E-state index is 10.9. The number of aromatic nitrogens is 3. The average molecular weight is 319 g/mol. The molecule has 2 atom stereocenters. The molecule has 0 amide bonds. The number of carboxylic acids is 1. The fourth-order valence-corrected chi connectivity index (χ4v) is 3.26. The molecule has 4 rings (SSSR count). The van der Waals surface area contributed by atoms with Crippen molar-refractivity contribution in [3.05, 3.63) is 40.8 Å². The lowest BCUT2D eigenvalue weighted by molar-refractivity contribution is 0.0697.